The first-order valence-electron chi connectivity index (χ1n) is 3.83. The van der Waals surface area contributed by atoms with Crippen LogP contribution in [0.2, 0.25) is 0 Å². The molecular weight excluding hydrogens is 184 g/mol. The predicted molar refractivity (Wildman–Crippen MR) is 53.8 cm³/mol. The van der Waals surface area contributed by atoms with Crippen LogP contribution in [-0.2, 0) is 0 Å². The number of aromatic nitrogens is 1. The Hall–Kier alpha value is -1.05. The smallest absolute Gasteiger partial charge is 0.274 e. The largest absolute Gasteiger partial charge is 0.473 e. The van der Waals surface area contributed by atoms with Gasteiger partial charge in [-0.3, -0.25) is 0 Å². The predicted octanol–water partition coefficient (Wildman–Crippen LogP) is 1.24. The van der Waals surface area contributed by atoms with Crippen molar-refractivity contribution in [2.75, 3.05) is 7.11 Å². The van der Waals surface area contributed by atoms with E-state index in [1.54, 1.807) is 13.3 Å². The van der Waals surface area contributed by atoms with E-state index in [-0.39, 0.29) is 0 Å². The van der Waals surface area contributed by atoms with Gasteiger partial charge >= 0.3 is 0 Å². The summed E-state index contributed by atoms with van der Waals surface area (Å²) in [7, 11) is 1.59. The molecule has 4 heteroatoms. The minimum absolute atomic E-state index is 0.461. The number of hydrogen-bond donors (Lipinski definition) is 1. The molecule has 0 saturated heterocycles. The molecule has 0 bridgehead atoms. The molecule has 1 heterocycles. The SMILES string of the molecule is COc1ncc(C#CC(C)(C)N)s1. The topological polar surface area (TPSA) is 48.1 Å². The molecule has 0 aliphatic carbocycles. The number of ether oxygens (including phenoxy) is 1. The number of nitrogens with two attached hydrogens (primary N) is 1. The second-order valence-corrected chi connectivity index (χ2v) is 4.16. The first-order chi connectivity index (χ1) is 6.01. The van der Waals surface area contributed by atoms with Gasteiger partial charge in [-0.15, -0.1) is 0 Å². The summed E-state index contributed by atoms with van der Waals surface area (Å²) in [5.41, 5.74) is 5.24. The molecule has 13 heavy (non-hydrogen) atoms. The highest BCUT2D eigenvalue weighted by Crippen LogP contribution is 2.18. The highest BCUT2D eigenvalue weighted by molar-refractivity contribution is 7.13. The summed E-state index contributed by atoms with van der Waals surface area (Å²) in [5, 5.41) is 0.624. The van der Waals surface area contributed by atoms with Crippen LogP contribution in [-0.4, -0.2) is 17.6 Å². The van der Waals surface area contributed by atoms with Crippen molar-refractivity contribution >= 4 is 11.3 Å². The van der Waals surface area contributed by atoms with Gasteiger partial charge in [0.25, 0.3) is 5.19 Å². The maximum absolute atomic E-state index is 5.70. The Kier molecular flexibility index (Phi) is 2.91. The number of rotatable bonds is 1. The van der Waals surface area contributed by atoms with E-state index in [0.29, 0.717) is 5.19 Å². The van der Waals surface area contributed by atoms with E-state index in [1.165, 1.54) is 11.3 Å². The Labute approximate surface area is 81.9 Å². The van der Waals surface area contributed by atoms with E-state index >= 15 is 0 Å². The molecule has 0 aliphatic rings. The average molecular weight is 196 g/mol. The van der Waals surface area contributed by atoms with Crippen molar-refractivity contribution in [3.8, 4) is 17.0 Å². The highest BCUT2D eigenvalue weighted by Gasteiger charge is 2.04. The van der Waals surface area contributed by atoms with Crippen molar-refractivity contribution in [2.45, 2.75) is 19.4 Å². The molecule has 3 nitrogen and oxygen atoms in total. The van der Waals surface area contributed by atoms with Crippen molar-refractivity contribution in [1.29, 1.82) is 0 Å². The lowest BCUT2D eigenvalue weighted by Crippen LogP contribution is -2.29. The summed E-state index contributed by atoms with van der Waals surface area (Å²) in [4.78, 5) is 4.86. The van der Waals surface area contributed by atoms with E-state index in [4.69, 9.17) is 10.5 Å². The molecule has 0 aromatic carbocycles. The van der Waals surface area contributed by atoms with Gasteiger partial charge in [-0.1, -0.05) is 23.2 Å². The number of methoxy groups -OCH3 is 1. The zero-order valence-corrected chi connectivity index (χ0v) is 8.73. The first kappa shape index (κ1) is 10.0. The molecule has 0 radical (unpaired) electrons. The van der Waals surface area contributed by atoms with Gasteiger partial charge in [0.2, 0.25) is 0 Å². The normalized spacial score (nSPS) is 10.5. The Morgan fingerprint density at radius 3 is 2.77 bits per heavy atom. The molecular formula is C9H12N2OS. The maximum atomic E-state index is 5.70. The van der Waals surface area contributed by atoms with Crippen molar-refractivity contribution in [1.82, 2.24) is 4.98 Å². The lowest BCUT2D eigenvalue weighted by atomic mass is 10.1. The molecule has 0 spiro atoms. The van der Waals surface area contributed by atoms with E-state index in [9.17, 15) is 0 Å². The standard InChI is InChI=1S/C9H12N2OS/c1-9(2,10)5-4-7-6-11-8(12-3)13-7/h6H,10H2,1-3H3. The fourth-order valence-electron chi connectivity index (χ4n) is 0.633. The zero-order valence-electron chi connectivity index (χ0n) is 7.92. The van der Waals surface area contributed by atoms with Crippen LogP contribution in [0.15, 0.2) is 6.20 Å². The fraction of sp³-hybridized carbons (Fsp3) is 0.444. The molecule has 0 amide bonds. The first-order valence-corrected chi connectivity index (χ1v) is 4.65. The van der Waals surface area contributed by atoms with Crippen LogP contribution in [0, 0.1) is 11.8 Å². The Balaban J connectivity index is 2.78. The minimum atomic E-state index is -0.461. The van der Waals surface area contributed by atoms with E-state index in [0.717, 1.165) is 4.88 Å². The summed E-state index contributed by atoms with van der Waals surface area (Å²) in [6.45, 7) is 3.72. The molecule has 1 rings (SSSR count). The third-order valence-electron chi connectivity index (χ3n) is 1.17. The molecule has 0 saturated carbocycles. The van der Waals surface area contributed by atoms with Crippen molar-refractivity contribution < 1.29 is 4.74 Å². The summed E-state index contributed by atoms with van der Waals surface area (Å²) < 4.78 is 4.94. The third-order valence-corrected chi connectivity index (χ3v) is 2.04. The summed E-state index contributed by atoms with van der Waals surface area (Å²) in [6.07, 6.45) is 1.68. The quantitative estimate of drug-likeness (QED) is 0.687. The molecule has 0 fully saturated rings. The second kappa shape index (κ2) is 3.77. The lowest BCUT2D eigenvalue weighted by Gasteiger charge is -2.06. The van der Waals surface area contributed by atoms with Crippen molar-refractivity contribution in [2.24, 2.45) is 5.73 Å². The van der Waals surface area contributed by atoms with Crippen LogP contribution in [0.1, 0.15) is 18.7 Å². The monoisotopic (exact) mass is 196 g/mol. The minimum Gasteiger partial charge on any atom is -0.473 e. The summed E-state index contributed by atoms with van der Waals surface area (Å²) in [5.74, 6) is 5.86. The highest BCUT2D eigenvalue weighted by atomic mass is 32.1. The summed E-state index contributed by atoms with van der Waals surface area (Å²) in [6, 6.07) is 0. The number of thiazole rings is 1. The van der Waals surface area contributed by atoms with Gasteiger partial charge in [-0.2, -0.15) is 0 Å². The maximum Gasteiger partial charge on any atom is 0.274 e. The van der Waals surface area contributed by atoms with Gasteiger partial charge in [0.1, 0.15) is 4.88 Å². The number of hydrogen-bond acceptors (Lipinski definition) is 4. The van der Waals surface area contributed by atoms with Gasteiger partial charge in [-0.05, 0) is 13.8 Å². The van der Waals surface area contributed by atoms with E-state index in [2.05, 4.69) is 16.8 Å². The molecule has 0 unspecified atom stereocenters. The average Bonchev–Trinajstić information content (AvgIpc) is 2.47. The van der Waals surface area contributed by atoms with Crippen LogP contribution in [0.4, 0.5) is 0 Å². The fourth-order valence-corrected chi connectivity index (χ4v) is 1.22. The van der Waals surface area contributed by atoms with Crippen LogP contribution in [0.5, 0.6) is 5.19 Å². The zero-order chi connectivity index (χ0) is 9.90. The Morgan fingerprint density at radius 1 is 1.62 bits per heavy atom. The molecule has 2 N–H and O–H groups in total. The van der Waals surface area contributed by atoms with Gasteiger partial charge < -0.3 is 10.5 Å². The Bertz CT molecular complexity index is 340. The van der Waals surface area contributed by atoms with Crippen LogP contribution in [0.3, 0.4) is 0 Å². The van der Waals surface area contributed by atoms with E-state index < -0.39 is 5.54 Å². The number of nitrogens with zero attached hydrogens (tertiary/aromatic N) is 1. The summed E-state index contributed by atoms with van der Waals surface area (Å²) >= 11 is 1.41. The molecule has 0 aliphatic heterocycles. The third kappa shape index (κ3) is 3.45. The van der Waals surface area contributed by atoms with Crippen LogP contribution in [0.25, 0.3) is 0 Å². The van der Waals surface area contributed by atoms with Crippen molar-refractivity contribution in [3.63, 3.8) is 0 Å². The molecule has 0 atom stereocenters. The Morgan fingerprint density at radius 2 is 2.31 bits per heavy atom. The second-order valence-electron chi connectivity index (χ2n) is 3.17. The molecule has 1 aromatic heterocycles. The van der Waals surface area contributed by atoms with Crippen LogP contribution < -0.4 is 10.5 Å². The van der Waals surface area contributed by atoms with Crippen molar-refractivity contribution in [3.05, 3.63) is 11.1 Å². The molecule has 1 aromatic rings. The van der Waals surface area contributed by atoms with Gasteiger partial charge in [0.15, 0.2) is 0 Å². The molecule has 70 valence electrons. The van der Waals surface area contributed by atoms with Gasteiger partial charge in [0, 0.05) is 0 Å². The van der Waals surface area contributed by atoms with E-state index in [1.807, 2.05) is 13.8 Å². The lowest BCUT2D eigenvalue weighted by molar-refractivity contribution is 0.412. The van der Waals surface area contributed by atoms with Crippen LogP contribution >= 0.6 is 11.3 Å². The van der Waals surface area contributed by atoms with Gasteiger partial charge in [0.05, 0.1) is 18.8 Å². The van der Waals surface area contributed by atoms with Gasteiger partial charge in [-0.25, -0.2) is 4.98 Å².